The molecule has 22 heavy (non-hydrogen) atoms. The Balaban J connectivity index is 1.46. The third-order valence-electron chi connectivity index (χ3n) is 4.58. The Morgan fingerprint density at radius 2 is 2.00 bits per heavy atom. The number of carbonyl (C=O) groups is 1. The summed E-state index contributed by atoms with van der Waals surface area (Å²) in [6, 6.07) is 0. The normalized spacial score (nSPS) is 21.2. The maximum Gasteiger partial charge on any atom is 0.219 e. The van der Waals surface area contributed by atoms with Crippen LogP contribution >= 0.6 is 11.8 Å². The zero-order chi connectivity index (χ0) is 15.4. The Morgan fingerprint density at radius 1 is 1.27 bits per heavy atom. The highest BCUT2D eigenvalue weighted by atomic mass is 32.2. The van der Waals surface area contributed by atoms with Crippen LogP contribution in [0.2, 0.25) is 0 Å². The van der Waals surface area contributed by atoms with Crippen LogP contribution in [0.3, 0.4) is 0 Å². The number of amides is 1. The highest BCUT2D eigenvalue weighted by molar-refractivity contribution is 7.99. The van der Waals surface area contributed by atoms with Crippen LogP contribution in [0.15, 0.2) is 6.20 Å². The van der Waals surface area contributed by atoms with E-state index in [2.05, 4.69) is 21.4 Å². The second kappa shape index (κ2) is 7.46. The van der Waals surface area contributed by atoms with Gasteiger partial charge in [0.25, 0.3) is 0 Å². The van der Waals surface area contributed by atoms with E-state index < -0.39 is 0 Å². The molecule has 1 aromatic heterocycles. The minimum Gasteiger partial charge on any atom is -0.343 e. The van der Waals surface area contributed by atoms with Gasteiger partial charge in [0.15, 0.2) is 0 Å². The number of nitrogens with zero attached hydrogens (tertiary/aromatic N) is 5. The fraction of sp³-hybridized carbons (Fsp3) is 0.800. The molecule has 2 aliphatic heterocycles. The summed E-state index contributed by atoms with van der Waals surface area (Å²) in [7, 11) is 0. The predicted octanol–water partition coefficient (Wildman–Crippen LogP) is 1.09. The SMILES string of the molecule is CC(=O)N1CCC(Cn2cc(CN3CCSCC3)nn2)CC1. The van der Waals surface area contributed by atoms with Gasteiger partial charge in [-0.05, 0) is 18.8 Å². The predicted molar refractivity (Wildman–Crippen MR) is 87.6 cm³/mol. The largest absolute Gasteiger partial charge is 0.343 e. The monoisotopic (exact) mass is 323 g/mol. The van der Waals surface area contributed by atoms with Crippen molar-refractivity contribution < 1.29 is 4.79 Å². The topological polar surface area (TPSA) is 54.3 Å². The molecule has 1 aromatic rings. The number of carbonyl (C=O) groups excluding carboxylic acids is 1. The average Bonchev–Trinajstić information content (AvgIpc) is 2.96. The number of hydrogen-bond acceptors (Lipinski definition) is 5. The summed E-state index contributed by atoms with van der Waals surface area (Å²) >= 11 is 2.03. The maximum absolute atomic E-state index is 11.3. The Hall–Kier alpha value is -1.08. The molecule has 7 heteroatoms. The number of piperidine rings is 1. The molecule has 122 valence electrons. The first-order chi connectivity index (χ1) is 10.7. The number of hydrogen-bond donors (Lipinski definition) is 0. The molecule has 0 spiro atoms. The Morgan fingerprint density at radius 3 is 2.68 bits per heavy atom. The summed E-state index contributed by atoms with van der Waals surface area (Å²) < 4.78 is 1.99. The summed E-state index contributed by atoms with van der Waals surface area (Å²) in [5.41, 5.74) is 1.08. The zero-order valence-corrected chi connectivity index (χ0v) is 14.1. The number of thioether (sulfide) groups is 1. The van der Waals surface area contributed by atoms with Crippen molar-refractivity contribution in [2.24, 2.45) is 5.92 Å². The second-order valence-electron chi connectivity index (χ2n) is 6.27. The van der Waals surface area contributed by atoms with Crippen LogP contribution in [-0.2, 0) is 17.9 Å². The van der Waals surface area contributed by atoms with Gasteiger partial charge in [-0.3, -0.25) is 14.4 Å². The van der Waals surface area contributed by atoms with Crippen LogP contribution in [-0.4, -0.2) is 68.4 Å². The smallest absolute Gasteiger partial charge is 0.219 e. The standard InChI is InChI=1S/C15H25N5OS/c1-13(21)19-4-2-14(3-5-19)10-20-12-15(16-17-20)11-18-6-8-22-9-7-18/h12,14H,2-11H2,1H3. The van der Waals surface area contributed by atoms with Gasteiger partial charge in [-0.1, -0.05) is 5.21 Å². The molecular formula is C15H25N5OS. The third kappa shape index (κ3) is 4.23. The van der Waals surface area contributed by atoms with E-state index in [1.54, 1.807) is 6.92 Å². The average molecular weight is 323 g/mol. The van der Waals surface area contributed by atoms with Crippen LogP contribution in [0.4, 0.5) is 0 Å². The van der Waals surface area contributed by atoms with Crippen LogP contribution in [0.1, 0.15) is 25.5 Å². The lowest BCUT2D eigenvalue weighted by Crippen LogP contribution is -2.38. The maximum atomic E-state index is 11.3. The van der Waals surface area contributed by atoms with Crippen LogP contribution < -0.4 is 0 Å². The van der Waals surface area contributed by atoms with Crippen molar-refractivity contribution in [2.75, 3.05) is 37.7 Å². The lowest BCUT2D eigenvalue weighted by atomic mass is 9.97. The van der Waals surface area contributed by atoms with Crippen molar-refractivity contribution in [1.82, 2.24) is 24.8 Å². The minimum atomic E-state index is 0.196. The zero-order valence-electron chi connectivity index (χ0n) is 13.3. The van der Waals surface area contributed by atoms with Gasteiger partial charge in [-0.25, -0.2) is 0 Å². The summed E-state index contributed by atoms with van der Waals surface area (Å²) in [6.45, 7) is 7.57. The van der Waals surface area contributed by atoms with Crippen LogP contribution in [0.5, 0.6) is 0 Å². The quantitative estimate of drug-likeness (QED) is 0.830. The fourth-order valence-corrected chi connectivity index (χ4v) is 4.16. The molecule has 0 N–H and O–H groups in total. The molecule has 0 aliphatic carbocycles. The lowest BCUT2D eigenvalue weighted by molar-refractivity contribution is -0.130. The Bertz CT molecular complexity index is 492. The molecule has 0 saturated carbocycles. The molecule has 2 saturated heterocycles. The fourth-order valence-electron chi connectivity index (χ4n) is 3.18. The lowest BCUT2D eigenvalue weighted by Gasteiger charge is -2.31. The van der Waals surface area contributed by atoms with Crippen molar-refractivity contribution in [3.05, 3.63) is 11.9 Å². The van der Waals surface area contributed by atoms with Gasteiger partial charge < -0.3 is 4.90 Å². The van der Waals surface area contributed by atoms with Gasteiger partial charge in [-0.15, -0.1) is 5.10 Å². The first-order valence-electron chi connectivity index (χ1n) is 8.15. The highest BCUT2D eigenvalue weighted by Crippen LogP contribution is 2.19. The molecular weight excluding hydrogens is 298 g/mol. The van der Waals surface area contributed by atoms with Crippen molar-refractivity contribution in [3.63, 3.8) is 0 Å². The van der Waals surface area contributed by atoms with E-state index in [-0.39, 0.29) is 5.91 Å². The number of likely N-dealkylation sites (tertiary alicyclic amines) is 1. The highest BCUT2D eigenvalue weighted by Gasteiger charge is 2.21. The van der Waals surface area contributed by atoms with Crippen LogP contribution in [0, 0.1) is 5.92 Å². The van der Waals surface area contributed by atoms with Crippen LogP contribution in [0.25, 0.3) is 0 Å². The third-order valence-corrected chi connectivity index (χ3v) is 5.52. The second-order valence-corrected chi connectivity index (χ2v) is 7.49. The Kier molecular flexibility index (Phi) is 5.36. The van der Waals surface area contributed by atoms with Crippen molar-refractivity contribution in [1.29, 1.82) is 0 Å². The van der Waals surface area contributed by atoms with Crippen molar-refractivity contribution in [2.45, 2.75) is 32.9 Å². The first-order valence-corrected chi connectivity index (χ1v) is 9.31. The molecule has 1 amide bonds. The van der Waals surface area contributed by atoms with Gasteiger partial charge >= 0.3 is 0 Å². The van der Waals surface area contributed by atoms with E-state index in [9.17, 15) is 4.79 Å². The molecule has 0 aromatic carbocycles. The first kappa shape index (κ1) is 15.8. The molecule has 0 atom stereocenters. The van der Waals surface area contributed by atoms with E-state index in [1.165, 1.54) is 11.5 Å². The van der Waals surface area contributed by atoms with Crippen molar-refractivity contribution in [3.8, 4) is 0 Å². The van der Waals surface area contributed by atoms with Gasteiger partial charge in [-0.2, -0.15) is 11.8 Å². The summed E-state index contributed by atoms with van der Waals surface area (Å²) in [6.07, 6.45) is 4.23. The molecule has 3 heterocycles. The van der Waals surface area contributed by atoms with E-state index in [1.807, 2.05) is 21.3 Å². The van der Waals surface area contributed by atoms with E-state index in [4.69, 9.17) is 0 Å². The van der Waals surface area contributed by atoms with E-state index in [0.717, 1.165) is 57.8 Å². The number of aromatic nitrogens is 3. The molecule has 0 radical (unpaired) electrons. The number of rotatable bonds is 4. The van der Waals surface area contributed by atoms with Gasteiger partial charge in [0.1, 0.15) is 0 Å². The minimum absolute atomic E-state index is 0.196. The molecule has 0 bridgehead atoms. The van der Waals surface area contributed by atoms with Gasteiger partial charge in [0.05, 0.1) is 5.69 Å². The summed E-state index contributed by atoms with van der Waals surface area (Å²) in [5.74, 6) is 3.25. The molecule has 6 nitrogen and oxygen atoms in total. The van der Waals surface area contributed by atoms with Crippen molar-refractivity contribution >= 4 is 17.7 Å². The summed E-state index contributed by atoms with van der Waals surface area (Å²) in [4.78, 5) is 15.7. The molecule has 0 unspecified atom stereocenters. The van der Waals surface area contributed by atoms with E-state index in [0.29, 0.717) is 5.92 Å². The van der Waals surface area contributed by atoms with E-state index >= 15 is 0 Å². The van der Waals surface area contributed by atoms with Gasteiger partial charge in [0.2, 0.25) is 5.91 Å². The molecule has 3 rings (SSSR count). The summed E-state index contributed by atoms with van der Waals surface area (Å²) in [5, 5.41) is 8.60. The molecule has 2 aliphatic rings. The Labute approximate surface area is 136 Å². The molecule has 2 fully saturated rings. The van der Waals surface area contributed by atoms with Gasteiger partial charge in [0, 0.05) is 63.9 Å².